The molecular formula is C24H38N2O2. The van der Waals surface area contributed by atoms with Gasteiger partial charge in [-0.1, -0.05) is 31.8 Å². The number of aryl methyl sites for hydroxylation is 1. The zero-order chi connectivity index (χ0) is 19.4. The molecule has 7 unspecified atom stereocenters. The highest BCUT2D eigenvalue weighted by atomic mass is 16.5. The Morgan fingerprint density at radius 3 is 2.68 bits per heavy atom. The predicted octanol–water partition coefficient (Wildman–Crippen LogP) is 5.73. The molecule has 0 bridgehead atoms. The van der Waals surface area contributed by atoms with Crippen molar-refractivity contribution in [3.63, 3.8) is 0 Å². The number of aromatic amines is 1. The van der Waals surface area contributed by atoms with Gasteiger partial charge in [0.25, 0.3) is 0 Å². The van der Waals surface area contributed by atoms with Crippen molar-refractivity contribution < 1.29 is 4.52 Å². The van der Waals surface area contributed by atoms with Crippen molar-refractivity contribution in [2.45, 2.75) is 97.3 Å². The molecule has 0 spiro atoms. The highest BCUT2D eigenvalue weighted by molar-refractivity contribution is 5.08. The fraction of sp³-hybridized carbons (Fsp3) is 0.917. The van der Waals surface area contributed by atoms with Gasteiger partial charge < -0.3 is 0 Å². The number of rotatable bonds is 4. The Kier molecular flexibility index (Phi) is 4.75. The number of nitrogens with zero attached hydrogens (tertiary/aromatic N) is 1. The lowest BCUT2D eigenvalue weighted by Gasteiger charge is -2.60. The molecule has 1 heterocycles. The van der Waals surface area contributed by atoms with Crippen molar-refractivity contribution in [3.05, 3.63) is 16.4 Å². The lowest BCUT2D eigenvalue weighted by Crippen LogP contribution is -2.52. The number of hydrogen-bond acceptors (Lipinski definition) is 3. The van der Waals surface area contributed by atoms with Crippen LogP contribution >= 0.6 is 0 Å². The van der Waals surface area contributed by atoms with Gasteiger partial charge in [0.05, 0.1) is 0 Å². The molecule has 4 aliphatic rings. The molecule has 0 amide bonds. The SMILES string of the molecule is CC12CCCCC1CCC1C2CCC2(C)C(CCCc3noc(=O)[nH]3)CCC12. The maximum absolute atomic E-state index is 11.1. The number of nitrogens with one attached hydrogen (secondary N) is 1. The molecule has 4 nitrogen and oxygen atoms in total. The first-order chi connectivity index (χ1) is 13.5. The van der Waals surface area contributed by atoms with Crippen molar-refractivity contribution in [3.8, 4) is 0 Å². The smallest absolute Gasteiger partial charge is 0.296 e. The van der Waals surface area contributed by atoms with E-state index in [1.807, 2.05) is 0 Å². The predicted molar refractivity (Wildman–Crippen MR) is 110 cm³/mol. The minimum absolute atomic E-state index is 0.423. The van der Waals surface area contributed by atoms with Gasteiger partial charge in [-0.25, -0.2) is 4.79 Å². The molecule has 0 aromatic carbocycles. The molecule has 4 aliphatic carbocycles. The summed E-state index contributed by atoms with van der Waals surface area (Å²) in [6, 6.07) is 0. The first-order valence-corrected chi connectivity index (χ1v) is 12.1. The molecule has 28 heavy (non-hydrogen) atoms. The van der Waals surface area contributed by atoms with E-state index in [4.69, 9.17) is 0 Å². The fourth-order valence-corrected chi connectivity index (χ4v) is 8.76. The molecule has 1 aromatic heterocycles. The van der Waals surface area contributed by atoms with Crippen LogP contribution in [0, 0.1) is 40.4 Å². The summed E-state index contributed by atoms with van der Waals surface area (Å²) in [6.45, 7) is 5.32. The third kappa shape index (κ3) is 2.92. The summed E-state index contributed by atoms with van der Waals surface area (Å²) in [4.78, 5) is 13.8. The topological polar surface area (TPSA) is 58.9 Å². The van der Waals surface area contributed by atoms with Crippen LogP contribution in [-0.2, 0) is 6.42 Å². The quantitative estimate of drug-likeness (QED) is 0.718. The molecule has 7 atom stereocenters. The summed E-state index contributed by atoms with van der Waals surface area (Å²) in [6.07, 6.45) is 18.0. The van der Waals surface area contributed by atoms with Gasteiger partial charge in [0.15, 0.2) is 5.82 Å². The summed E-state index contributed by atoms with van der Waals surface area (Å²) in [7, 11) is 0. The summed E-state index contributed by atoms with van der Waals surface area (Å²) in [5.41, 5.74) is 1.20. The molecule has 4 saturated carbocycles. The van der Waals surface area contributed by atoms with Gasteiger partial charge >= 0.3 is 5.76 Å². The molecular weight excluding hydrogens is 348 g/mol. The minimum Gasteiger partial charge on any atom is -0.296 e. The van der Waals surface area contributed by atoms with Crippen LogP contribution in [0.25, 0.3) is 0 Å². The zero-order valence-electron chi connectivity index (χ0n) is 17.8. The van der Waals surface area contributed by atoms with Gasteiger partial charge in [0.2, 0.25) is 0 Å². The van der Waals surface area contributed by atoms with Gasteiger partial charge in [0.1, 0.15) is 0 Å². The first-order valence-electron chi connectivity index (χ1n) is 12.1. The number of H-pyrrole nitrogens is 1. The maximum atomic E-state index is 11.1. The molecule has 0 saturated heterocycles. The molecule has 4 fully saturated rings. The standard InChI is InChI=1S/C24H38N2O2/c1-23-14-4-3-6-16(23)9-11-18-19-12-10-17(24(19,2)15-13-20(18)23)7-5-8-21-25-22(27)28-26-21/h16-20H,3-15H2,1-2H3,(H,25,26,27). The summed E-state index contributed by atoms with van der Waals surface area (Å²) < 4.78 is 4.64. The number of fused-ring (bicyclic) bond motifs is 5. The number of aromatic nitrogens is 2. The molecule has 1 N–H and O–H groups in total. The average Bonchev–Trinajstić information content (AvgIpc) is 3.24. The van der Waals surface area contributed by atoms with E-state index in [2.05, 4.69) is 28.5 Å². The van der Waals surface area contributed by atoms with Gasteiger partial charge in [-0.2, -0.15) is 0 Å². The molecule has 156 valence electrons. The minimum atomic E-state index is -0.423. The van der Waals surface area contributed by atoms with E-state index in [-0.39, 0.29) is 0 Å². The van der Waals surface area contributed by atoms with E-state index in [0.29, 0.717) is 10.8 Å². The summed E-state index contributed by atoms with van der Waals surface area (Å²) in [5, 5.41) is 3.84. The Balaban J connectivity index is 1.26. The Hall–Kier alpha value is -1.06. The Morgan fingerprint density at radius 1 is 1.00 bits per heavy atom. The van der Waals surface area contributed by atoms with Crippen LogP contribution in [0.2, 0.25) is 0 Å². The van der Waals surface area contributed by atoms with E-state index >= 15 is 0 Å². The van der Waals surface area contributed by atoms with Gasteiger partial charge in [0, 0.05) is 6.42 Å². The van der Waals surface area contributed by atoms with Crippen molar-refractivity contribution in [1.29, 1.82) is 0 Å². The third-order valence-corrected chi connectivity index (χ3v) is 10.2. The van der Waals surface area contributed by atoms with Crippen LogP contribution in [-0.4, -0.2) is 10.1 Å². The second-order valence-electron chi connectivity index (χ2n) is 11.2. The molecule has 4 heteroatoms. The lowest BCUT2D eigenvalue weighted by atomic mass is 9.45. The normalized spacial score (nSPS) is 45.3. The van der Waals surface area contributed by atoms with E-state index in [9.17, 15) is 4.79 Å². The molecule has 5 rings (SSSR count). The fourth-order valence-electron chi connectivity index (χ4n) is 8.76. The summed E-state index contributed by atoms with van der Waals surface area (Å²) >= 11 is 0. The first kappa shape index (κ1) is 18.9. The molecule has 0 aliphatic heterocycles. The van der Waals surface area contributed by atoms with Crippen LogP contribution < -0.4 is 5.76 Å². The monoisotopic (exact) mass is 386 g/mol. The van der Waals surface area contributed by atoms with E-state index < -0.39 is 5.76 Å². The van der Waals surface area contributed by atoms with Crippen molar-refractivity contribution in [2.75, 3.05) is 0 Å². The molecule has 0 radical (unpaired) electrons. The highest BCUT2D eigenvalue weighted by Crippen LogP contribution is 2.67. The van der Waals surface area contributed by atoms with Gasteiger partial charge in [-0.3, -0.25) is 9.51 Å². The Morgan fingerprint density at radius 2 is 1.86 bits per heavy atom. The van der Waals surface area contributed by atoms with Crippen LogP contribution in [0.5, 0.6) is 0 Å². The van der Waals surface area contributed by atoms with Crippen LogP contribution in [0.3, 0.4) is 0 Å². The second-order valence-corrected chi connectivity index (χ2v) is 11.2. The van der Waals surface area contributed by atoms with E-state index in [1.165, 1.54) is 70.6 Å². The summed E-state index contributed by atoms with van der Waals surface area (Å²) in [5.74, 6) is 5.13. The molecule has 1 aromatic rings. The van der Waals surface area contributed by atoms with Crippen LogP contribution in [0.1, 0.15) is 96.7 Å². The zero-order valence-corrected chi connectivity index (χ0v) is 17.8. The maximum Gasteiger partial charge on any atom is 0.438 e. The highest BCUT2D eigenvalue weighted by Gasteiger charge is 2.59. The Bertz CT molecular complexity index is 754. The number of hydrogen-bond donors (Lipinski definition) is 1. The van der Waals surface area contributed by atoms with Crippen LogP contribution in [0.15, 0.2) is 9.32 Å². The second kappa shape index (κ2) is 7.02. The van der Waals surface area contributed by atoms with E-state index in [0.717, 1.165) is 48.3 Å². The lowest BCUT2D eigenvalue weighted by molar-refractivity contribution is -0.111. The average molecular weight is 387 g/mol. The Labute approximate surface area is 169 Å². The van der Waals surface area contributed by atoms with Crippen molar-refractivity contribution in [1.82, 2.24) is 10.1 Å². The van der Waals surface area contributed by atoms with Crippen LogP contribution in [0.4, 0.5) is 0 Å². The third-order valence-electron chi connectivity index (χ3n) is 10.2. The van der Waals surface area contributed by atoms with Crippen molar-refractivity contribution in [2.24, 2.45) is 40.4 Å². The van der Waals surface area contributed by atoms with Crippen molar-refractivity contribution >= 4 is 0 Å². The van der Waals surface area contributed by atoms with Gasteiger partial charge in [-0.15, -0.1) is 0 Å². The largest absolute Gasteiger partial charge is 0.438 e. The van der Waals surface area contributed by atoms with E-state index in [1.54, 1.807) is 0 Å². The van der Waals surface area contributed by atoms with Gasteiger partial charge in [-0.05, 0) is 105 Å².